The summed E-state index contributed by atoms with van der Waals surface area (Å²) in [5.41, 5.74) is 0.855. The summed E-state index contributed by atoms with van der Waals surface area (Å²) in [6, 6.07) is 17.5. The minimum absolute atomic E-state index is 0.187. The second kappa shape index (κ2) is 5.73. The molecule has 2 nitrogen and oxygen atoms in total. The molecule has 0 aliphatic rings. The van der Waals surface area contributed by atoms with Gasteiger partial charge >= 0.3 is 0 Å². The fourth-order valence-electron chi connectivity index (χ4n) is 1.56. The molecule has 0 radical (unpaired) electrons. The Bertz CT molecular complexity index is 628. The number of carbonyl (C=O) groups is 1. The molecule has 18 heavy (non-hydrogen) atoms. The van der Waals surface area contributed by atoms with E-state index in [1.807, 2.05) is 30.3 Å². The van der Waals surface area contributed by atoms with Crippen molar-refractivity contribution in [1.29, 1.82) is 0 Å². The van der Waals surface area contributed by atoms with Crippen LogP contribution in [0.2, 0.25) is 0 Å². The van der Waals surface area contributed by atoms with E-state index in [1.165, 1.54) is 12.1 Å². The highest BCUT2D eigenvalue weighted by molar-refractivity contribution is 6.06. The van der Waals surface area contributed by atoms with Crippen molar-refractivity contribution < 1.29 is 4.79 Å². The highest BCUT2D eigenvalue weighted by Gasteiger charge is 2.03. The van der Waals surface area contributed by atoms with Gasteiger partial charge in [0.2, 0.25) is 0 Å². The van der Waals surface area contributed by atoms with Crippen LogP contribution < -0.4 is 5.43 Å². The van der Waals surface area contributed by atoms with Gasteiger partial charge < -0.3 is 0 Å². The fraction of sp³-hybridized carbons (Fsp3) is 0. The predicted molar refractivity (Wildman–Crippen MR) is 72.5 cm³/mol. The molecule has 2 aromatic rings. The highest BCUT2D eigenvalue weighted by atomic mass is 16.1. The smallest absolute Gasteiger partial charge is 0.189 e. The Morgan fingerprint density at radius 2 is 1.44 bits per heavy atom. The zero-order valence-corrected chi connectivity index (χ0v) is 9.74. The van der Waals surface area contributed by atoms with Crippen LogP contribution in [0.1, 0.15) is 15.9 Å². The summed E-state index contributed by atoms with van der Waals surface area (Å²) in [4.78, 5) is 23.5. The maximum atomic E-state index is 11.9. The molecule has 0 bridgehead atoms. The van der Waals surface area contributed by atoms with E-state index in [9.17, 15) is 9.59 Å². The Kier molecular flexibility index (Phi) is 3.82. The molecule has 0 spiro atoms. The standard InChI is InChI=1S/C16H12O2/c17-15-10-6-2-5-9-14(15)16(18)12-11-13-7-3-1-4-8-13/h1-12H/b12-11+. The molecule has 88 valence electrons. The summed E-state index contributed by atoms with van der Waals surface area (Å²) in [5.74, 6) is -0.278. The molecule has 0 saturated carbocycles. The quantitative estimate of drug-likeness (QED) is 0.606. The highest BCUT2D eigenvalue weighted by Crippen LogP contribution is 2.02. The summed E-state index contributed by atoms with van der Waals surface area (Å²) in [6.45, 7) is 0. The molecule has 2 rings (SSSR count). The Hall–Kier alpha value is -2.48. The Labute approximate surface area is 105 Å². The zero-order valence-electron chi connectivity index (χ0n) is 9.74. The lowest BCUT2D eigenvalue weighted by atomic mass is 10.1. The van der Waals surface area contributed by atoms with Crippen molar-refractivity contribution in [2.75, 3.05) is 0 Å². The zero-order chi connectivity index (χ0) is 12.8. The summed E-state index contributed by atoms with van der Waals surface area (Å²) in [7, 11) is 0. The molecule has 0 heterocycles. The van der Waals surface area contributed by atoms with Crippen LogP contribution in [0.5, 0.6) is 0 Å². The topological polar surface area (TPSA) is 34.1 Å². The van der Waals surface area contributed by atoms with Crippen LogP contribution in [0.25, 0.3) is 6.08 Å². The average Bonchev–Trinajstić information content (AvgIpc) is 2.62. The first-order chi connectivity index (χ1) is 8.77. The predicted octanol–water partition coefficient (Wildman–Crippen LogP) is 2.94. The minimum atomic E-state index is -0.278. The van der Waals surface area contributed by atoms with Crippen molar-refractivity contribution in [3.63, 3.8) is 0 Å². The van der Waals surface area contributed by atoms with Gasteiger partial charge in [-0.15, -0.1) is 0 Å². The first-order valence-corrected chi connectivity index (χ1v) is 5.64. The largest absolute Gasteiger partial charge is 0.289 e. The number of rotatable bonds is 3. The number of allylic oxidation sites excluding steroid dienone is 1. The van der Waals surface area contributed by atoms with Crippen molar-refractivity contribution in [2.45, 2.75) is 0 Å². The molecule has 0 atom stereocenters. The van der Waals surface area contributed by atoms with Crippen molar-refractivity contribution in [1.82, 2.24) is 0 Å². The van der Waals surface area contributed by atoms with Crippen molar-refractivity contribution in [2.24, 2.45) is 0 Å². The van der Waals surface area contributed by atoms with Gasteiger partial charge in [0, 0.05) is 0 Å². The number of benzene rings is 1. The van der Waals surface area contributed by atoms with Gasteiger partial charge in [0.05, 0.1) is 5.56 Å². The third kappa shape index (κ3) is 3.01. The number of hydrogen-bond acceptors (Lipinski definition) is 2. The number of ketones is 1. The first-order valence-electron chi connectivity index (χ1n) is 5.64. The third-order valence-corrected chi connectivity index (χ3v) is 2.49. The second-order valence-corrected chi connectivity index (χ2v) is 3.80. The summed E-state index contributed by atoms with van der Waals surface area (Å²) in [6.07, 6.45) is 3.13. The van der Waals surface area contributed by atoms with Crippen LogP contribution >= 0.6 is 0 Å². The monoisotopic (exact) mass is 236 g/mol. The van der Waals surface area contributed by atoms with E-state index in [2.05, 4.69) is 0 Å². The average molecular weight is 236 g/mol. The third-order valence-electron chi connectivity index (χ3n) is 2.49. The Morgan fingerprint density at radius 3 is 2.17 bits per heavy atom. The van der Waals surface area contributed by atoms with E-state index in [0.717, 1.165) is 5.56 Å². The lowest BCUT2D eigenvalue weighted by Crippen LogP contribution is -2.09. The fourth-order valence-corrected chi connectivity index (χ4v) is 1.56. The van der Waals surface area contributed by atoms with E-state index in [4.69, 9.17) is 0 Å². The molecule has 0 amide bonds. The van der Waals surface area contributed by atoms with Crippen LogP contribution in [0, 0.1) is 0 Å². The van der Waals surface area contributed by atoms with Gasteiger partial charge in [-0.1, -0.05) is 54.6 Å². The van der Waals surface area contributed by atoms with Crippen molar-refractivity contribution in [3.8, 4) is 0 Å². The lowest BCUT2D eigenvalue weighted by Gasteiger charge is -1.92. The summed E-state index contributed by atoms with van der Waals surface area (Å²) < 4.78 is 0. The van der Waals surface area contributed by atoms with E-state index < -0.39 is 0 Å². The normalized spacial score (nSPS) is 10.4. The molecule has 0 unspecified atom stereocenters. The van der Waals surface area contributed by atoms with Crippen LogP contribution in [-0.2, 0) is 0 Å². The summed E-state index contributed by atoms with van der Waals surface area (Å²) >= 11 is 0. The Balaban J connectivity index is 2.26. The molecule has 0 fully saturated rings. The molecular weight excluding hydrogens is 224 g/mol. The van der Waals surface area contributed by atoms with Gasteiger partial charge in [-0.05, 0) is 23.8 Å². The maximum Gasteiger partial charge on any atom is 0.189 e. The molecule has 0 N–H and O–H groups in total. The molecule has 0 saturated heterocycles. The van der Waals surface area contributed by atoms with E-state index in [-0.39, 0.29) is 16.8 Å². The minimum Gasteiger partial charge on any atom is -0.289 e. The van der Waals surface area contributed by atoms with Crippen LogP contribution in [0.15, 0.2) is 71.5 Å². The molecule has 2 aromatic carbocycles. The van der Waals surface area contributed by atoms with Gasteiger partial charge in [0.25, 0.3) is 0 Å². The molecular formula is C16H12O2. The molecule has 0 aliphatic carbocycles. The lowest BCUT2D eigenvalue weighted by molar-refractivity contribution is 0.104. The number of hydrogen-bond donors (Lipinski definition) is 0. The van der Waals surface area contributed by atoms with Gasteiger partial charge in [-0.3, -0.25) is 9.59 Å². The van der Waals surface area contributed by atoms with Gasteiger partial charge in [-0.2, -0.15) is 0 Å². The van der Waals surface area contributed by atoms with Gasteiger partial charge in [0.15, 0.2) is 11.2 Å². The van der Waals surface area contributed by atoms with E-state index in [0.29, 0.717) is 0 Å². The van der Waals surface area contributed by atoms with Gasteiger partial charge in [0.1, 0.15) is 0 Å². The SMILES string of the molecule is O=C(/C=C/c1ccccc1)c1cccccc1=O. The van der Waals surface area contributed by atoms with Crippen LogP contribution in [0.4, 0.5) is 0 Å². The summed E-state index contributed by atoms with van der Waals surface area (Å²) in [5, 5.41) is 0. The second-order valence-electron chi connectivity index (χ2n) is 3.80. The van der Waals surface area contributed by atoms with E-state index >= 15 is 0 Å². The van der Waals surface area contributed by atoms with E-state index in [1.54, 1.807) is 30.3 Å². The molecule has 0 aromatic heterocycles. The maximum absolute atomic E-state index is 11.9. The van der Waals surface area contributed by atoms with Gasteiger partial charge in [-0.25, -0.2) is 0 Å². The first kappa shape index (κ1) is 12.0. The van der Waals surface area contributed by atoms with Crippen LogP contribution in [-0.4, -0.2) is 5.78 Å². The molecule has 0 aliphatic heterocycles. The van der Waals surface area contributed by atoms with Crippen molar-refractivity contribution >= 4 is 11.9 Å². The van der Waals surface area contributed by atoms with Crippen molar-refractivity contribution in [3.05, 3.63) is 88.1 Å². The van der Waals surface area contributed by atoms with Crippen LogP contribution in [0.3, 0.4) is 0 Å². The molecule has 2 heteroatoms. The Morgan fingerprint density at radius 1 is 0.833 bits per heavy atom. The number of carbonyl (C=O) groups excluding carboxylic acids is 1.